The number of methoxy groups -OCH3 is 1. The molecule has 1 amide bonds. The van der Waals surface area contributed by atoms with Crippen molar-refractivity contribution in [3.05, 3.63) is 33.8 Å². The fourth-order valence-corrected chi connectivity index (χ4v) is 2.33. The fraction of sp³-hybridized carbons (Fsp3) is 0.429. The van der Waals surface area contributed by atoms with E-state index < -0.39 is 17.9 Å². The van der Waals surface area contributed by atoms with E-state index in [4.69, 9.17) is 33.0 Å². The van der Waals surface area contributed by atoms with Crippen molar-refractivity contribution in [2.75, 3.05) is 13.7 Å². The number of rotatable bonds is 8. The minimum Gasteiger partial charge on any atom is -0.480 e. The van der Waals surface area contributed by atoms with E-state index in [1.165, 1.54) is 7.11 Å². The molecular weight excluding hydrogens is 317 g/mol. The molecule has 1 aromatic carbocycles. The summed E-state index contributed by atoms with van der Waals surface area (Å²) in [7, 11) is 1.54. The number of hydrogen-bond acceptors (Lipinski definition) is 3. The van der Waals surface area contributed by atoms with E-state index in [1.54, 1.807) is 18.2 Å². The average Bonchev–Trinajstić information content (AvgIpc) is 2.42. The molecule has 2 N–H and O–H groups in total. The molecule has 1 unspecified atom stereocenters. The number of carbonyl (C=O) groups is 2. The molecule has 0 spiro atoms. The summed E-state index contributed by atoms with van der Waals surface area (Å²) >= 11 is 12.0. The monoisotopic (exact) mass is 333 g/mol. The van der Waals surface area contributed by atoms with Gasteiger partial charge in [-0.3, -0.25) is 4.79 Å². The fourth-order valence-electron chi connectivity index (χ4n) is 1.80. The third-order valence-corrected chi connectivity index (χ3v) is 3.58. The summed E-state index contributed by atoms with van der Waals surface area (Å²) < 4.78 is 4.86. The van der Waals surface area contributed by atoms with Crippen LogP contribution in [0.4, 0.5) is 0 Å². The van der Waals surface area contributed by atoms with Crippen LogP contribution in [0.15, 0.2) is 18.2 Å². The van der Waals surface area contributed by atoms with Crippen LogP contribution in [0.2, 0.25) is 10.0 Å². The molecule has 0 aliphatic heterocycles. The molecule has 0 saturated heterocycles. The molecule has 0 bridgehead atoms. The highest BCUT2D eigenvalue weighted by Crippen LogP contribution is 2.24. The smallest absolute Gasteiger partial charge is 0.326 e. The molecule has 0 radical (unpaired) electrons. The molecule has 1 rings (SSSR count). The van der Waals surface area contributed by atoms with Gasteiger partial charge in [-0.2, -0.15) is 0 Å². The van der Waals surface area contributed by atoms with Gasteiger partial charge in [0.05, 0.1) is 6.42 Å². The Balaban J connectivity index is 2.63. The van der Waals surface area contributed by atoms with Crippen molar-refractivity contribution in [1.82, 2.24) is 5.32 Å². The lowest BCUT2D eigenvalue weighted by Gasteiger charge is -2.15. The van der Waals surface area contributed by atoms with Gasteiger partial charge in [-0.15, -0.1) is 0 Å². The van der Waals surface area contributed by atoms with E-state index in [0.717, 1.165) is 0 Å². The number of amides is 1. The number of carbonyl (C=O) groups excluding carboxylic acids is 1. The van der Waals surface area contributed by atoms with Crippen molar-refractivity contribution >= 4 is 35.1 Å². The van der Waals surface area contributed by atoms with Gasteiger partial charge in [-0.25, -0.2) is 4.79 Å². The number of halogens is 2. The zero-order chi connectivity index (χ0) is 15.8. The first-order valence-corrected chi connectivity index (χ1v) is 7.15. The lowest BCUT2D eigenvalue weighted by molar-refractivity contribution is -0.142. The van der Waals surface area contributed by atoms with Crippen molar-refractivity contribution in [3.63, 3.8) is 0 Å². The van der Waals surface area contributed by atoms with Crippen LogP contribution in [0.25, 0.3) is 0 Å². The van der Waals surface area contributed by atoms with Gasteiger partial charge < -0.3 is 15.2 Å². The van der Waals surface area contributed by atoms with Crippen molar-refractivity contribution in [3.8, 4) is 0 Å². The number of benzene rings is 1. The molecule has 21 heavy (non-hydrogen) atoms. The third-order valence-electron chi connectivity index (χ3n) is 2.87. The molecule has 7 heteroatoms. The zero-order valence-electron chi connectivity index (χ0n) is 11.6. The van der Waals surface area contributed by atoms with Crippen LogP contribution in [-0.2, 0) is 20.7 Å². The lowest BCUT2D eigenvalue weighted by Crippen LogP contribution is -2.41. The van der Waals surface area contributed by atoms with Gasteiger partial charge in [0.1, 0.15) is 6.04 Å². The maximum absolute atomic E-state index is 11.9. The van der Waals surface area contributed by atoms with Crippen LogP contribution in [0.3, 0.4) is 0 Å². The maximum atomic E-state index is 11.9. The van der Waals surface area contributed by atoms with E-state index in [1.807, 2.05) is 0 Å². The molecule has 5 nitrogen and oxygen atoms in total. The second-order valence-electron chi connectivity index (χ2n) is 4.47. The van der Waals surface area contributed by atoms with Gasteiger partial charge in [0.2, 0.25) is 5.91 Å². The number of hydrogen-bond donors (Lipinski definition) is 2. The Hall–Kier alpha value is -1.30. The second-order valence-corrected chi connectivity index (χ2v) is 5.28. The molecule has 0 aliphatic rings. The van der Waals surface area contributed by atoms with Crippen molar-refractivity contribution in [2.45, 2.75) is 25.3 Å². The van der Waals surface area contributed by atoms with Gasteiger partial charge in [-0.1, -0.05) is 29.3 Å². The summed E-state index contributed by atoms with van der Waals surface area (Å²) in [6.45, 7) is 0.440. The first-order chi connectivity index (χ1) is 9.95. The Morgan fingerprint density at radius 3 is 2.48 bits per heavy atom. The largest absolute Gasteiger partial charge is 0.480 e. The third kappa shape index (κ3) is 5.91. The highest BCUT2D eigenvalue weighted by Gasteiger charge is 2.20. The quantitative estimate of drug-likeness (QED) is 0.717. The molecule has 1 atom stereocenters. The van der Waals surface area contributed by atoms with Gasteiger partial charge in [0.25, 0.3) is 0 Å². The van der Waals surface area contributed by atoms with Crippen LogP contribution in [0.1, 0.15) is 18.4 Å². The second kappa shape index (κ2) is 8.87. The summed E-state index contributed by atoms with van der Waals surface area (Å²) in [4.78, 5) is 23.0. The van der Waals surface area contributed by atoms with Gasteiger partial charge in [-0.05, 0) is 30.5 Å². The minimum absolute atomic E-state index is 0.0629. The van der Waals surface area contributed by atoms with E-state index >= 15 is 0 Å². The summed E-state index contributed by atoms with van der Waals surface area (Å²) in [5, 5.41) is 12.3. The average molecular weight is 334 g/mol. The van der Waals surface area contributed by atoms with Crippen molar-refractivity contribution < 1.29 is 19.4 Å². The summed E-state index contributed by atoms with van der Waals surface area (Å²) in [5.74, 6) is -1.51. The minimum atomic E-state index is -1.08. The van der Waals surface area contributed by atoms with Gasteiger partial charge in [0.15, 0.2) is 0 Å². The number of carboxylic acids is 1. The molecule has 0 aliphatic carbocycles. The highest BCUT2D eigenvalue weighted by molar-refractivity contribution is 6.36. The first kappa shape index (κ1) is 17.8. The molecule has 0 heterocycles. The highest BCUT2D eigenvalue weighted by atomic mass is 35.5. The van der Waals surface area contributed by atoms with Crippen LogP contribution in [-0.4, -0.2) is 36.7 Å². The normalized spacial score (nSPS) is 12.0. The number of aliphatic carboxylic acids is 1. The summed E-state index contributed by atoms with van der Waals surface area (Å²) in [6.07, 6.45) is 0.776. The van der Waals surface area contributed by atoms with E-state index in [-0.39, 0.29) is 6.42 Å². The Morgan fingerprint density at radius 1 is 1.33 bits per heavy atom. The predicted octanol–water partition coefficient (Wildman–Crippen LogP) is 2.53. The zero-order valence-corrected chi connectivity index (χ0v) is 13.1. The molecule has 0 aromatic heterocycles. The van der Waals surface area contributed by atoms with Crippen LogP contribution < -0.4 is 5.32 Å². The Morgan fingerprint density at radius 2 is 1.95 bits per heavy atom. The standard InChI is InChI=1S/C14H17Cl2NO4/c1-21-7-3-6-12(14(19)20)17-13(18)8-9-10(15)4-2-5-11(9)16/h2,4-5,12H,3,6-8H2,1H3,(H,17,18)(H,19,20). The Kier molecular flexibility index (Phi) is 7.50. The predicted molar refractivity (Wildman–Crippen MR) is 80.8 cm³/mol. The van der Waals surface area contributed by atoms with Crippen LogP contribution >= 0.6 is 23.2 Å². The summed E-state index contributed by atoms with van der Waals surface area (Å²) in [5.41, 5.74) is 0.486. The van der Waals surface area contributed by atoms with Gasteiger partial charge >= 0.3 is 5.97 Å². The molecule has 0 saturated carbocycles. The molecular formula is C14H17Cl2NO4. The molecule has 0 fully saturated rings. The van der Waals surface area contributed by atoms with Crippen molar-refractivity contribution in [2.24, 2.45) is 0 Å². The number of nitrogens with one attached hydrogen (secondary N) is 1. The van der Waals surface area contributed by atoms with E-state index in [9.17, 15) is 9.59 Å². The Bertz CT molecular complexity index is 487. The number of ether oxygens (including phenoxy) is 1. The Labute approximate surface area is 133 Å². The topological polar surface area (TPSA) is 75.6 Å². The van der Waals surface area contributed by atoms with E-state index in [2.05, 4.69) is 5.32 Å². The summed E-state index contributed by atoms with van der Waals surface area (Å²) in [6, 6.07) is 3.98. The first-order valence-electron chi connectivity index (χ1n) is 6.39. The van der Waals surface area contributed by atoms with Gasteiger partial charge in [0, 0.05) is 23.8 Å². The SMILES string of the molecule is COCCCC(NC(=O)Cc1c(Cl)cccc1Cl)C(=O)O. The van der Waals surface area contributed by atoms with Crippen molar-refractivity contribution in [1.29, 1.82) is 0 Å². The lowest BCUT2D eigenvalue weighted by atomic mass is 10.1. The number of carboxylic acid groups (broad SMARTS) is 1. The van der Waals surface area contributed by atoms with Crippen LogP contribution in [0, 0.1) is 0 Å². The van der Waals surface area contributed by atoms with Crippen LogP contribution in [0.5, 0.6) is 0 Å². The molecule has 1 aromatic rings. The maximum Gasteiger partial charge on any atom is 0.326 e. The van der Waals surface area contributed by atoms with E-state index in [0.29, 0.717) is 35.1 Å². The molecule has 116 valence electrons.